The molecule has 2 heterocycles. The van der Waals surface area contributed by atoms with Crippen molar-refractivity contribution in [2.24, 2.45) is 0 Å². The Morgan fingerprint density at radius 1 is 0.875 bits per heavy atom. The van der Waals surface area contributed by atoms with Crippen LogP contribution in [0.5, 0.6) is 11.5 Å². The van der Waals surface area contributed by atoms with Crippen LogP contribution in [0, 0.1) is 0 Å². The minimum absolute atomic E-state index is 0.372. The number of amides is 2. The molecule has 32 heavy (non-hydrogen) atoms. The van der Waals surface area contributed by atoms with Crippen LogP contribution in [-0.2, 0) is 4.74 Å². The molecule has 0 unspecified atom stereocenters. The minimum atomic E-state index is -0.372. The second-order valence-corrected chi connectivity index (χ2v) is 7.13. The fourth-order valence-electron chi connectivity index (χ4n) is 3.34. The van der Waals surface area contributed by atoms with Gasteiger partial charge >= 0.3 is 6.03 Å². The molecule has 0 atom stereocenters. The number of aromatic nitrogens is 2. The van der Waals surface area contributed by atoms with Gasteiger partial charge in [0.15, 0.2) is 5.82 Å². The molecule has 2 N–H and O–H groups in total. The lowest BCUT2D eigenvalue weighted by Crippen LogP contribution is -2.36. The SMILES string of the molecule is COc1cc(NC(=O)Nc2ccc(-c3ccc(N4CCOCC4)nn3)cc2)cc(OC)c1. The molecule has 1 saturated heterocycles. The number of ether oxygens (including phenoxy) is 3. The summed E-state index contributed by atoms with van der Waals surface area (Å²) < 4.78 is 15.8. The molecule has 9 nitrogen and oxygen atoms in total. The number of nitrogens with zero attached hydrogens (tertiary/aromatic N) is 3. The maximum Gasteiger partial charge on any atom is 0.323 e. The van der Waals surface area contributed by atoms with Gasteiger partial charge < -0.3 is 29.7 Å². The lowest BCUT2D eigenvalue weighted by molar-refractivity contribution is 0.122. The summed E-state index contributed by atoms with van der Waals surface area (Å²) in [7, 11) is 3.11. The summed E-state index contributed by atoms with van der Waals surface area (Å²) >= 11 is 0. The monoisotopic (exact) mass is 435 g/mol. The zero-order valence-corrected chi connectivity index (χ0v) is 18.0. The van der Waals surface area contributed by atoms with Crippen molar-refractivity contribution in [1.29, 1.82) is 0 Å². The van der Waals surface area contributed by atoms with Crippen LogP contribution in [0.25, 0.3) is 11.3 Å². The van der Waals surface area contributed by atoms with E-state index in [1.165, 1.54) is 0 Å². The van der Waals surface area contributed by atoms with Gasteiger partial charge in [-0.1, -0.05) is 12.1 Å². The van der Waals surface area contributed by atoms with E-state index in [4.69, 9.17) is 14.2 Å². The molecule has 4 rings (SSSR count). The normalized spacial score (nSPS) is 13.4. The molecule has 0 bridgehead atoms. The van der Waals surface area contributed by atoms with Gasteiger partial charge in [-0.05, 0) is 24.3 Å². The Morgan fingerprint density at radius 2 is 1.53 bits per heavy atom. The molecule has 0 spiro atoms. The van der Waals surface area contributed by atoms with E-state index in [-0.39, 0.29) is 6.03 Å². The molecule has 1 aliphatic heterocycles. The van der Waals surface area contributed by atoms with Crippen molar-refractivity contribution in [3.05, 3.63) is 54.6 Å². The Bertz CT molecular complexity index is 1030. The second kappa shape index (κ2) is 9.97. The van der Waals surface area contributed by atoms with Crippen LogP contribution in [0.3, 0.4) is 0 Å². The van der Waals surface area contributed by atoms with Crippen molar-refractivity contribution in [3.8, 4) is 22.8 Å². The molecule has 2 aromatic carbocycles. The Hall–Kier alpha value is -3.85. The highest BCUT2D eigenvalue weighted by atomic mass is 16.5. The zero-order valence-electron chi connectivity index (χ0n) is 18.0. The van der Waals surface area contributed by atoms with E-state index in [0.29, 0.717) is 36.1 Å². The first-order valence-electron chi connectivity index (χ1n) is 10.2. The molecular weight excluding hydrogens is 410 g/mol. The highest BCUT2D eigenvalue weighted by Crippen LogP contribution is 2.26. The summed E-state index contributed by atoms with van der Waals surface area (Å²) in [5.41, 5.74) is 2.89. The molecule has 3 aromatic rings. The maximum atomic E-state index is 12.4. The molecule has 0 saturated carbocycles. The Morgan fingerprint density at radius 3 is 2.12 bits per heavy atom. The topological polar surface area (TPSA) is 97.8 Å². The van der Waals surface area contributed by atoms with Gasteiger partial charge in [0, 0.05) is 48.2 Å². The number of urea groups is 1. The van der Waals surface area contributed by atoms with E-state index >= 15 is 0 Å². The summed E-state index contributed by atoms with van der Waals surface area (Å²) in [4.78, 5) is 14.5. The number of benzene rings is 2. The van der Waals surface area contributed by atoms with Gasteiger partial charge in [-0.3, -0.25) is 0 Å². The van der Waals surface area contributed by atoms with Gasteiger partial charge in [0.25, 0.3) is 0 Å². The molecule has 1 aromatic heterocycles. The number of morpholine rings is 1. The van der Waals surface area contributed by atoms with E-state index in [0.717, 1.165) is 30.2 Å². The van der Waals surface area contributed by atoms with Gasteiger partial charge in [-0.2, -0.15) is 0 Å². The number of hydrogen-bond donors (Lipinski definition) is 2. The molecule has 1 fully saturated rings. The number of carbonyl (C=O) groups excluding carboxylic acids is 1. The van der Waals surface area contributed by atoms with Crippen molar-refractivity contribution >= 4 is 23.2 Å². The van der Waals surface area contributed by atoms with Crippen molar-refractivity contribution in [2.75, 3.05) is 56.1 Å². The minimum Gasteiger partial charge on any atom is -0.497 e. The van der Waals surface area contributed by atoms with E-state index < -0.39 is 0 Å². The standard InChI is InChI=1S/C23H25N5O4/c1-30-19-13-18(14-20(15-19)31-2)25-23(29)24-17-5-3-16(4-6-17)21-7-8-22(27-26-21)28-9-11-32-12-10-28/h3-8,13-15H,9-12H2,1-2H3,(H2,24,25,29). The predicted octanol–water partition coefficient (Wildman–Crippen LogP) is 3.64. The average Bonchev–Trinajstić information content (AvgIpc) is 2.85. The number of carbonyl (C=O) groups is 1. The lowest BCUT2D eigenvalue weighted by Gasteiger charge is -2.27. The smallest absolute Gasteiger partial charge is 0.323 e. The third-order valence-electron chi connectivity index (χ3n) is 5.03. The molecular formula is C23H25N5O4. The first-order valence-corrected chi connectivity index (χ1v) is 10.2. The van der Waals surface area contributed by atoms with Gasteiger partial charge in [-0.25, -0.2) is 4.79 Å². The summed E-state index contributed by atoms with van der Waals surface area (Å²) in [6, 6.07) is 16.1. The average molecular weight is 435 g/mol. The first kappa shape index (κ1) is 21.4. The summed E-state index contributed by atoms with van der Waals surface area (Å²) in [5.74, 6) is 2.02. The highest BCUT2D eigenvalue weighted by molar-refractivity contribution is 6.00. The molecule has 166 valence electrons. The number of hydrogen-bond acceptors (Lipinski definition) is 7. The Labute approximate surface area is 186 Å². The summed E-state index contributed by atoms with van der Waals surface area (Å²) in [6.45, 7) is 3.05. The molecule has 0 aliphatic carbocycles. The van der Waals surface area contributed by atoms with Crippen molar-refractivity contribution in [1.82, 2.24) is 10.2 Å². The van der Waals surface area contributed by atoms with Crippen LogP contribution in [0.4, 0.5) is 22.0 Å². The molecule has 9 heteroatoms. The fourth-order valence-corrected chi connectivity index (χ4v) is 3.34. The number of nitrogens with one attached hydrogen (secondary N) is 2. The number of methoxy groups -OCH3 is 2. The van der Waals surface area contributed by atoms with Gasteiger partial charge in [0.1, 0.15) is 11.5 Å². The fraction of sp³-hybridized carbons (Fsp3) is 0.261. The number of rotatable bonds is 6. The van der Waals surface area contributed by atoms with E-state index in [1.807, 2.05) is 36.4 Å². The quantitative estimate of drug-likeness (QED) is 0.610. The second-order valence-electron chi connectivity index (χ2n) is 7.13. The van der Waals surface area contributed by atoms with E-state index in [2.05, 4.69) is 25.7 Å². The van der Waals surface area contributed by atoms with Crippen LogP contribution in [0.1, 0.15) is 0 Å². The molecule has 1 aliphatic rings. The highest BCUT2D eigenvalue weighted by Gasteiger charge is 2.13. The summed E-state index contributed by atoms with van der Waals surface area (Å²) in [6.07, 6.45) is 0. The van der Waals surface area contributed by atoms with Crippen LogP contribution in [0.15, 0.2) is 54.6 Å². The predicted molar refractivity (Wildman–Crippen MR) is 123 cm³/mol. The molecule has 2 amide bonds. The van der Waals surface area contributed by atoms with Crippen molar-refractivity contribution in [2.45, 2.75) is 0 Å². The van der Waals surface area contributed by atoms with Crippen LogP contribution in [-0.4, -0.2) is 56.8 Å². The lowest BCUT2D eigenvalue weighted by atomic mass is 10.1. The maximum absolute atomic E-state index is 12.4. The third-order valence-corrected chi connectivity index (χ3v) is 5.03. The van der Waals surface area contributed by atoms with Crippen LogP contribution in [0.2, 0.25) is 0 Å². The van der Waals surface area contributed by atoms with Gasteiger partial charge in [0.05, 0.1) is 33.1 Å². The first-order chi connectivity index (χ1) is 15.6. The largest absolute Gasteiger partial charge is 0.497 e. The number of anilines is 3. The van der Waals surface area contributed by atoms with E-state index in [9.17, 15) is 4.79 Å². The summed E-state index contributed by atoms with van der Waals surface area (Å²) in [5, 5.41) is 14.3. The third kappa shape index (κ3) is 5.25. The molecule has 0 radical (unpaired) electrons. The van der Waals surface area contributed by atoms with Crippen LogP contribution >= 0.6 is 0 Å². The Balaban J connectivity index is 1.38. The van der Waals surface area contributed by atoms with Crippen molar-refractivity contribution in [3.63, 3.8) is 0 Å². The van der Waals surface area contributed by atoms with Crippen molar-refractivity contribution < 1.29 is 19.0 Å². The van der Waals surface area contributed by atoms with Gasteiger partial charge in [0.2, 0.25) is 0 Å². The zero-order chi connectivity index (χ0) is 22.3. The Kier molecular flexibility index (Phi) is 6.66. The van der Waals surface area contributed by atoms with E-state index in [1.54, 1.807) is 32.4 Å². The van der Waals surface area contributed by atoms with Crippen LogP contribution < -0.4 is 25.0 Å². The van der Waals surface area contributed by atoms with Gasteiger partial charge in [-0.15, -0.1) is 10.2 Å².